The molecule has 0 unspecified atom stereocenters. The molecule has 1 spiro atoms. The summed E-state index contributed by atoms with van der Waals surface area (Å²) in [7, 11) is 0. The van der Waals surface area contributed by atoms with Crippen molar-refractivity contribution in [2.24, 2.45) is 5.41 Å². The summed E-state index contributed by atoms with van der Waals surface area (Å²) in [4.78, 5) is 35.4. The first-order valence-corrected chi connectivity index (χ1v) is 17.7. The van der Waals surface area contributed by atoms with Crippen LogP contribution in [-0.4, -0.2) is 111 Å². The number of aliphatic hydroxyl groups is 1. The maximum absolute atomic E-state index is 14.3. The van der Waals surface area contributed by atoms with Crippen LogP contribution in [-0.2, 0) is 13.0 Å². The molecule has 2 aromatic heterocycles. The van der Waals surface area contributed by atoms with E-state index >= 15 is 0 Å². The Balaban J connectivity index is 0.945. The fourth-order valence-corrected chi connectivity index (χ4v) is 8.10. The van der Waals surface area contributed by atoms with E-state index in [-0.39, 0.29) is 34.8 Å². The Hall–Kier alpha value is -3.87. The Morgan fingerprint density at radius 3 is 2.59 bits per heavy atom. The summed E-state index contributed by atoms with van der Waals surface area (Å²) >= 11 is 0. The number of anilines is 1. The van der Waals surface area contributed by atoms with Crippen LogP contribution in [0, 0.1) is 11.2 Å². The molecule has 12 heteroatoms. The van der Waals surface area contributed by atoms with Crippen LogP contribution < -0.4 is 14.4 Å². The summed E-state index contributed by atoms with van der Waals surface area (Å²) in [6, 6.07) is 6.00. The molecule has 1 amide bonds. The predicted molar refractivity (Wildman–Crippen MR) is 184 cm³/mol. The van der Waals surface area contributed by atoms with Gasteiger partial charge < -0.3 is 24.4 Å². The second kappa shape index (κ2) is 13.4. The molecule has 5 heterocycles. The average molecular weight is 674 g/mol. The van der Waals surface area contributed by atoms with Crippen molar-refractivity contribution < 1.29 is 23.8 Å². The number of ether oxygens (including phenoxy) is 2. The monoisotopic (exact) mass is 673 g/mol. The number of hydrogen-bond donors (Lipinski definition) is 1. The maximum atomic E-state index is 14.3. The molecule has 2 saturated heterocycles. The summed E-state index contributed by atoms with van der Waals surface area (Å²) in [5.41, 5.74) is 2.17. The zero-order valence-corrected chi connectivity index (χ0v) is 29.1. The number of hydrogen-bond acceptors (Lipinski definition) is 10. The van der Waals surface area contributed by atoms with Crippen LogP contribution in [0.5, 0.6) is 17.2 Å². The maximum Gasteiger partial charge on any atom is 0.257 e. The van der Waals surface area contributed by atoms with Gasteiger partial charge >= 0.3 is 0 Å². The van der Waals surface area contributed by atoms with Crippen LogP contribution >= 0.6 is 0 Å². The normalized spacial score (nSPS) is 19.9. The van der Waals surface area contributed by atoms with Gasteiger partial charge in [-0.25, -0.2) is 14.4 Å². The number of rotatable bonds is 12. The van der Waals surface area contributed by atoms with E-state index in [0.29, 0.717) is 18.1 Å². The highest BCUT2D eigenvalue weighted by molar-refractivity contribution is 5.97. The summed E-state index contributed by atoms with van der Waals surface area (Å²) < 4.78 is 27.2. The van der Waals surface area contributed by atoms with Gasteiger partial charge in [-0.3, -0.25) is 19.6 Å². The number of halogens is 1. The van der Waals surface area contributed by atoms with Gasteiger partial charge in [0, 0.05) is 81.1 Å². The Kier molecular flexibility index (Phi) is 9.23. The van der Waals surface area contributed by atoms with Crippen molar-refractivity contribution in [1.29, 1.82) is 0 Å². The Morgan fingerprint density at radius 1 is 1.08 bits per heavy atom. The molecule has 4 aliphatic rings. The second-order valence-corrected chi connectivity index (χ2v) is 15.0. The number of benzene rings is 1. The molecule has 0 atom stereocenters. The number of fused-ring (bicyclic) bond motifs is 1. The molecule has 49 heavy (non-hydrogen) atoms. The van der Waals surface area contributed by atoms with E-state index < -0.39 is 11.4 Å². The lowest BCUT2D eigenvalue weighted by Crippen LogP contribution is -2.65. The molecule has 1 saturated carbocycles. The average Bonchev–Trinajstić information content (AvgIpc) is 3.02. The van der Waals surface area contributed by atoms with Crippen LogP contribution in [0.15, 0.2) is 43.0 Å². The highest BCUT2D eigenvalue weighted by Gasteiger charge is 2.54. The van der Waals surface area contributed by atoms with Gasteiger partial charge in [-0.05, 0) is 84.3 Å². The minimum atomic E-state index is -0.518. The topological polar surface area (TPSA) is 107 Å². The molecule has 0 radical (unpaired) electrons. The highest BCUT2D eigenvalue weighted by Crippen LogP contribution is 2.52. The molecule has 3 fully saturated rings. The SMILES string of the molecule is CCN(C(=O)c1cc(F)ccc1Oc1cncnc1N1CC2(CC(Oc3ccnc4c3CN(CCCN3CC(C)(O)C3)CC4)C2)C1)C(C)C. The largest absolute Gasteiger partial charge is 0.490 e. The minimum Gasteiger partial charge on any atom is -0.490 e. The van der Waals surface area contributed by atoms with Gasteiger partial charge in [0.1, 0.15) is 29.7 Å². The third-order valence-electron chi connectivity index (χ3n) is 10.5. The van der Waals surface area contributed by atoms with Gasteiger partial charge in [0.2, 0.25) is 0 Å². The zero-order chi connectivity index (χ0) is 34.3. The molecule has 262 valence electrons. The quantitative estimate of drug-likeness (QED) is 0.295. The van der Waals surface area contributed by atoms with E-state index in [1.54, 1.807) is 11.1 Å². The number of amides is 1. The molecule has 1 aromatic carbocycles. The number of β-amino-alcohol motifs (C(OH)–C–C–N with tert-alkyl or cyclic N) is 1. The van der Waals surface area contributed by atoms with E-state index in [1.807, 2.05) is 40.0 Å². The highest BCUT2D eigenvalue weighted by atomic mass is 19.1. The first-order valence-electron chi connectivity index (χ1n) is 17.7. The molecule has 3 aromatic rings. The fraction of sp³-hybridized carbons (Fsp3) is 0.568. The number of carbonyl (C=O) groups is 1. The summed E-state index contributed by atoms with van der Waals surface area (Å²) in [5, 5.41) is 10.0. The lowest BCUT2D eigenvalue weighted by atomic mass is 9.61. The van der Waals surface area contributed by atoms with E-state index in [9.17, 15) is 14.3 Å². The van der Waals surface area contributed by atoms with Gasteiger partial charge in [-0.2, -0.15) is 0 Å². The van der Waals surface area contributed by atoms with Crippen LogP contribution in [0.25, 0.3) is 0 Å². The van der Waals surface area contributed by atoms with E-state index in [0.717, 1.165) is 89.5 Å². The fourth-order valence-electron chi connectivity index (χ4n) is 8.10. The molecule has 0 bridgehead atoms. The first kappa shape index (κ1) is 33.6. The number of aromatic nitrogens is 3. The first-order chi connectivity index (χ1) is 23.5. The number of likely N-dealkylation sites (tertiary alicyclic amines) is 1. The standard InChI is InChI=1S/C37H48FN7O4/c1-5-45(25(2)3)35(46)28-15-26(38)7-8-31(28)49-33-18-39-24-41-34(33)44-22-37(23-44)16-27(17-37)48-32-9-11-40-30-10-14-42(19-29(30)32)12-6-13-43-20-36(4,47)21-43/h7-9,11,15,18,24-25,27,47H,5-6,10,12-14,16-17,19-23H2,1-4H3. The second-order valence-electron chi connectivity index (χ2n) is 15.0. The molecular weight excluding hydrogens is 625 g/mol. The lowest BCUT2D eigenvalue weighted by molar-refractivity contribution is -0.0838. The summed E-state index contributed by atoms with van der Waals surface area (Å²) in [6.07, 6.45) is 9.07. The van der Waals surface area contributed by atoms with Gasteiger partial charge in [0.25, 0.3) is 5.91 Å². The van der Waals surface area contributed by atoms with Crippen molar-refractivity contribution in [3.63, 3.8) is 0 Å². The van der Waals surface area contributed by atoms with Crippen molar-refractivity contribution in [3.05, 3.63) is 65.6 Å². The summed E-state index contributed by atoms with van der Waals surface area (Å²) in [5.74, 6) is 1.55. The Labute approximate surface area is 288 Å². The predicted octanol–water partition coefficient (Wildman–Crippen LogP) is 4.54. The van der Waals surface area contributed by atoms with Crippen molar-refractivity contribution in [3.8, 4) is 17.2 Å². The molecule has 1 aliphatic carbocycles. The van der Waals surface area contributed by atoms with Crippen molar-refractivity contribution in [2.75, 3.05) is 57.3 Å². The third kappa shape index (κ3) is 7.09. The molecular formula is C37H48FN7O4. The Morgan fingerprint density at radius 2 is 1.86 bits per heavy atom. The number of carbonyl (C=O) groups excluding carboxylic acids is 1. The van der Waals surface area contributed by atoms with E-state index in [1.165, 1.54) is 30.1 Å². The van der Waals surface area contributed by atoms with Crippen LogP contribution in [0.1, 0.15) is 68.6 Å². The molecule has 3 aliphatic heterocycles. The lowest BCUT2D eigenvalue weighted by Gasteiger charge is -2.59. The molecule has 11 nitrogen and oxygen atoms in total. The van der Waals surface area contributed by atoms with Crippen LogP contribution in [0.4, 0.5) is 10.2 Å². The van der Waals surface area contributed by atoms with Gasteiger partial charge in [0.15, 0.2) is 11.6 Å². The third-order valence-corrected chi connectivity index (χ3v) is 10.5. The van der Waals surface area contributed by atoms with Gasteiger partial charge in [-0.1, -0.05) is 0 Å². The number of pyridine rings is 1. The van der Waals surface area contributed by atoms with Crippen LogP contribution in [0.3, 0.4) is 0 Å². The molecule has 7 rings (SSSR count). The van der Waals surface area contributed by atoms with E-state index in [2.05, 4.69) is 29.7 Å². The zero-order valence-electron chi connectivity index (χ0n) is 29.1. The van der Waals surface area contributed by atoms with Crippen molar-refractivity contribution in [1.82, 2.24) is 29.7 Å². The van der Waals surface area contributed by atoms with Gasteiger partial charge in [-0.15, -0.1) is 0 Å². The Bertz CT molecular complexity index is 1660. The smallest absolute Gasteiger partial charge is 0.257 e. The number of nitrogens with zero attached hydrogens (tertiary/aromatic N) is 7. The van der Waals surface area contributed by atoms with Crippen molar-refractivity contribution >= 4 is 11.7 Å². The van der Waals surface area contributed by atoms with E-state index in [4.69, 9.17) is 9.47 Å². The molecule has 1 N–H and O–H groups in total. The van der Waals surface area contributed by atoms with Crippen molar-refractivity contribution in [2.45, 2.75) is 77.7 Å². The van der Waals surface area contributed by atoms with Gasteiger partial charge in [0.05, 0.1) is 17.4 Å². The van der Waals surface area contributed by atoms with Crippen LogP contribution in [0.2, 0.25) is 0 Å². The summed E-state index contributed by atoms with van der Waals surface area (Å²) in [6.45, 7) is 15.3. The minimum absolute atomic E-state index is 0.0403.